The first-order chi connectivity index (χ1) is 11.1. The predicted molar refractivity (Wildman–Crippen MR) is 94.2 cm³/mol. The highest BCUT2D eigenvalue weighted by atomic mass is 79.9. The average Bonchev–Trinajstić information content (AvgIpc) is 3.02. The zero-order chi connectivity index (χ0) is 16.2. The minimum atomic E-state index is -0.102. The number of amides is 1. The van der Waals surface area contributed by atoms with Crippen molar-refractivity contribution in [3.05, 3.63) is 82.0 Å². The molecule has 2 aromatic carbocycles. The fourth-order valence-corrected chi connectivity index (χ4v) is 2.56. The Morgan fingerprint density at radius 2 is 1.87 bits per heavy atom. The molecule has 1 aromatic heterocycles. The number of rotatable bonds is 4. The van der Waals surface area contributed by atoms with Crippen LogP contribution in [0.15, 0.2) is 69.6 Å². The largest absolute Gasteiger partial charge is 0.459 e. The van der Waals surface area contributed by atoms with Crippen molar-refractivity contribution in [2.75, 3.05) is 0 Å². The molecule has 3 rings (SSSR count). The van der Waals surface area contributed by atoms with Crippen LogP contribution in [-0.4, -0.2) is 5.91 Å². The number of aryl methyl sites for hydroxylation is 1. The van der Waals surface area contributed by atoms with Crippen molar-refractivity contribution in [2.45, 2.75) is 13.5 Å². The summed E-state index contributed by atoms with van der Waals surface area (Å²) in [5.41, 5.74) is 2.72. The SMILES string of the molecule is Cc1cccc(C(=O)NCc2ccc(-c3ccc(Br)cc3)o2)c1. The molecule has 0 saturated heterocycles. The van der Waals surface area contributed by atoms with Crippen molar-refractivity contribution in [2.24, 2.45) is 0 Å². The third-order valence-electron chi connectivity index (χ3n) is 3.49. The van der Waals surface area contributed by atoms with Crippen molar-refractivity contribution >= 4 is 21.8 Å². The molecule has 23 heavy (non-hydrogen) atoms. The lowest BCUT2D eigenvalue weighted by Crippen LogP contribution is -2.22. The van der Waals surface area contributed by atoms with Crippen LogP contribution in [0, 0.1) is 6.92 Å². The topological polar surface area (TPSA) is 42.2 Å². The molecule has 0 aliphatic heterocycles. The number of hydrogen-bond donors (Lipinski definition) is 1. The average molecular weight is 370 g/mol. The molecule has 0 unspecified atom stereocenters. The molecule has 1 amide bonds. The number of hydrogen-bond acceptors (Lipinski definition) is 2. The van der Waals surface area contributed by atoms with Gasteiger partial charge in [-0.05, 0) is 43.3 Å². The maximum Gasteiger partial charge on any atom is 0.251 e. The number of furan rings is 1. The molecule has 0 atom stereocenters. The van der Waals surface area contributed by atoms with Crippen molar-refractivity contribution in [1.29, 1.82) is 0 Å². The maximum atomic E-state index is 12.1. The van der Waals surface area contributed by atoms with Crippen molar-refractivity contribution in [1.82, 2.24) is 5.32 Å². The van der Waals surface area contributed by atoms with Gasteiger partial charge in [-0.15, -0.1) is 0 Å². The van der Waals surface area contributed by atoms with Gasteiger partial charge in [-0.2, -0.15) is 0 Å². The molecule has 0 aliphatic carbocycles. The second-order valence-corrected chi connectivity index (χ2v) is 6.24. The van der Waals surface area contributed by atoms with Gasteiger partial charge in [-0.1, -0.05) is 45.8 Å². The Morgan fingerprint density at radius 3 is 2.61 bits per heavy atom. The Bertz CT molecular complexity index is 821. The van der Waals surface area contributed by atoms with Crippen LogP contribution in [0.2, 0.25) is 0 Å². The van der Waals surface area contributed by atoms with E-state index in [4.69, 9.17) is 4.42 Å². The highest BCUT2D eigenvalue weighted by Crippen LogP contribution is 2.24. The standard InChI is InChI=1S/C19H16BrNO2/c1-13-3-2-4-15(11-13)19(22)21-12-17-9-10-18(23-17)14-5-7-16(20)8-6-14/h2-11H,12H2,1H3,(H,21,22). The summed E-state index contributed by atoms with van der Waals surface area (Å²) >= 11 is 3.41. The Morgan fingerprint density at radius 1 is 1.09 bits per heavy atom. The summed E-state index contributed by atoms with van der Waals surface area (Å²) in [7, 11) is 0. The lowest BCUT2D eigenvalue weighted by molar-refractivity contribution is 0.0948. The fourth-order valence-electron chi connectivity index (χ4n) is 2.30. The third kappa shape index (κ3) is 3.90. The van der Waals surface area contributed by atoms with Crippen LogP contribution in [0.1, 0.15) is 21.7 Å². The van der Waals surface area contributed by atoms with E-state index in [0.717, 1.165) is 27.1 Å². The van der Waals surface area contributed by atoms with Crippen molar-refractivity contribution in [3.8, 4) is 11.3 Å². The highest BCUT2D eigenvalue weighted by Gasteiger charge is 2.08. The van der Waals surface area contributed by atoms with Gasteiger partial charge >= 0.3 is 0 Å². The Hall–Kier alpha value is -2.33. The first kappa shape index (κ1) is 15.6. The quantitative estimate of drug-likeness (QED) is 0.706. The minimum Gasteiger partial charge on any atom is -0.459 e. The molecule has 0 spiro atoms. The number of carbonyl (C=O) groups is 1. The van der Waals surface area contributed by atoms with Crippen LogP contribution in [-0.2, 0) is 6.54 Å². The molecule has 1 heterocycles. The lowest BCUT2D eigenvalue weighted by atomic mass is 10.1. The van der Waals surface area contributed by atoms with Crippen LogP contribution >= 0.6 is 15.9 Å². The smallest absolute Gasteiger partial charge is 0.251 e. The molecule has 0 radical (unpaired) electrons. The van der Waals surface area contributed by atoms with E-state index in [2.05, 4.69) is 21.2 Å². The molecule has 0 bridgehead atoms. The van der Waals surface area contributed by atoms with E-state index in [-0.39, 0.29) is 5.91 Å². The molecule has 0 aliphatic rings. The van der Waals surface area contributed by atoms with Gasteiger partial charge in [0.25, 0.3) is 5.91 Å². The van der Waals surface area contributed by atoms with Gasteiger partial charge < -0.3 is 9.73 Å². The van der Waals surface area contributed by atoms with Crippen LogP contribution in [0.4, 0.5) is 0 Å². The van der Waals surface area contributed by atoms with E-state index in [9.17, 15) is 4.79 Å². The summed E-state index contributed by atoms with van der Waals surface area (Å²) in [6.07, 6.45) is 0. The van der Waals surface area contributed by atoms with E-state index < -0.39 is 0 Å². The number of benzene rings is 2. The van der Waals surface area contributed by atoms with Gasteiger partial charge in [0.05, 0.1) is 6.54 Å². The van der Waals surface area contributed by atoms with Crippen LogP contribution in [0.5, 0.6) is 0 Å². The summed E-state index contributed by atoms with van der Waals surface area (Å²) in [5, 5.41) is 2.88. The molecular formula is C19H16BrNO2. The molecule has 0 saturated carbocycles. The number of carbonyl (C=O) groups excluding carboxylic acids is 1. The summed E-state index contributed by atoms with van der Waals surface area (Å²) in [6, 6.07) is 19.2. The maximum absolute atomic E-state index is 12.1. The van der Waals surface area contributed by atoms with Gasteiger partial charge in [-0.3, -0.25) is 4.79 Å². The monoisotopic (exact) mass is 369 g/mol. The third-order valence-corrected chi connectivity index (χ3v) is 4.02. The summed E-state index contributed by atoms with van der Waals surface area (Å²) in [5.74, 6) is 1.41. The van der Waals surface area contributed by atoms with E-state index in [1.54, 1.807) is 6.07 Å². The zero-order valence-electron chi connectivity index (χ0n) is 12.7. The fraction of sp³-hybridized carbons (Fsp3) is 0.105. The first-order valence-corrected chi connectivity index (χ1v) is 8.10. The Labute approximate surface area is 143 Å². The number of halogens is 1. The van der Waals surface area contributed by atoms with Gasteiger partial charge in [0.2, 0.25) is 0 Å². The summed E-state index contributed by atoms with van der Waals surface area (Å²) in [6.45, 7) is 2.33. The normalized spacial score (nSPS) is 10.5. The zero-order valence-corrected chi connectivity index (χ0v) is 14.3. The van der Waals surface area contributed by atoms with E-state index in [0.29, 0.717) is 12.1 Å². The van der Waals surface area contributed by atoms with E-state index >= 15 is 0 Å². The highest BCUT2D eigenvalue weighted by molar-refractivity contribution is 9.10. The van der Waals surface area contributed by atoms with E-state index in [1.165, 1.54) is 0 Å². The van der Waals surface area contributed by atoms with Crippen LogP contribution in [0.3, 0.4) is 0 Å². The van der Waals surface area contributed by atoms with Crippen LogP contribution in [0.25, 0.3) is 11.3 Å². The molecule has 0 fully saturated rings. The van der Waals surface area contributed by atoms with Gasteiger partial charge in [0.15, 0.2) is 0 Å². The first-order valence-electron chi connectivity index (χ1n) is 7.31. The molecule has 3 aromatic rings. The van der Waals surface area contributed by atoms with E-state index in [1.807, 2.05) is 61.5 Å². The van der Waals surface area contributed by atoms with Crippen molar-refractivity contribution in [3.63, 3.8) is 0 Å². The van der Waals surface area contributed by atoms with Crippen LogP contribution < -0.4 is 5.32 Å². The molecule has 116 valence electrons. The van der Waals surface area contributed by atoms with Gasteiger partial charge in [-0.25, -0.2) is 0 Å². The van der Waals surface area contributed by atoms with Gasteiger partial charge in [0, 0.05) is 15.6 Å². The Kier molecular flexibility index (Phi) is 4.63. The van der Waals surface area contributed by atoms with Crippen molar-refractivity contribution < 1.29 is 9.21 Å². The minimum absolute atomic E-state index is 0.102. The second-order valence-electron chi connectivity index (χ2n) is 5.33. The summed E-state index contributed by atoms with van der Waals surface area (Å²) in [4.78, 5) is 12.1. The molecular weight excluding hydrogens is 354 g/mol. The second kappa shape index (κ2) is 6.84. The number of nitrogens with one attached hydrogen (secondary N) is 1. The summed E-state index contributed by atoms with van der Waals surface area (Å²) < 4.78 is 6.82. The molecule has 4 heteroatoms. The molecule has 3 nitrogen and oxygen atoms in total. The lowest BCUT2D eigenvalue weighted by Gasteiger charge is -2.04. The van der Waals surface area contributed by atoms with Gasteiger partial charge in [0.1, 0.15) is 11.5 Å². The predicted octanol–water partition coefficient (Wildman–Crippen LogP) is 4.95. The molecule has 1 N–H and O–H groups in total. The Balaban J connectivity index is 1.65.